The molecule has 0 amide bonds. The van der Waals surface area contributed by atoms with Gasteiger partial charge in [-0.15, -0.1) is 0 Å². The van der Waals surface area contributed by atoms with Crippen molar-refractivity contribution in [3.05, 3.63) is 0 Å². The Morgan fingerprint density at radius 2 is 2.14 bits per heavy atom. The zero-order valence-electron chi connectivity index (χ0n) is 4.56. The average molecular weight is 98.1 g/mol. The van der Waals surface area contributed by atoms with Crippen LogP contribution in [0.5, 0.6) is 0 Å². The van der Waals surface area contributed by atoms with Crippen LogP contribution in [0.15, 0.2) is 0 Å². The zero-order valence-corrected chi connectivity index (χ0v) is 4.56. The van der Waals surface area contributed by atoms with Crippen LogP contribution < -0.4 is 0 Å². The fourth-order valence-electron chi connectivity index (χ4n) is 0.0323. The van der Waals surface area contributed by atoms with E-state index < -0.39 is 5.41 Å². The third-order valence-corrected chi connectivity index (χ3v) is 0.664. The Morgan fingerprint density at radius 3 is 2.14 bits per heavy atom. The molecule has 0 bridgehead atoms. The Morgan fingerprint density at radius 1 is 1.71 bits per heavy atom. The van der Waals surface area contributed by atoms with Gasteiger partial charge >= 0.3 is 0 Å². The summed E-state index contributed by atoms with van der Waals surface area (Å²) in [4.78, 5) is 0. The van der Waals surface area contributed by atoms with Gasteiger partial charge in [-0.3, -0.25) is 0 Å². The SMILES string of the molecule is CC(C)(C#N)C[O]. The number of nitriles is 1. The van der Waals surface area contributed by atoms with Crippen LogP contribution in [0.1, 0.15) is 13.8 Å². The summed E-state index contributed by atoms with van der Waals surface area (Å²) in [7, 11) is 0. The number of hydrogen-bond acceptors (Lipinski definition) is 1. The van der Waals surface area contributed by atoms with E-state index in [-0.39, 0.29) is 6.61 Å². The number of nitrogens with zero attached hydrogens (tertiary/aromatic N) is 1. The smallest absolute Gasteiger partial charge is 0.100 e. The van der Waals surface area contributed by atoms with Gasteiger partial charge < -0.3 is 0 Å². The molecule has 2 heteroatoms. The third-order valence-electron chi connectivity index (χ3n) is 0.664. The fourth-order valence-corrected chi connectivity index (χ4v) is 0.0323. The minimum atomic E-state index is -0.667. The molecule has 0 unspecified atom stereocenters. The molecule has 0 N–H and O–H groups in total. The summed E-state index contributed by atoms with van der Waals surface area (Å²) in [5.74, 6) is 0. The van der Waals surface area contributed by atoms with Gasteiger partial charge in [-0.2, -0.15) is 5.26 Å². The first-order valence-corrected chi connectivity index (χ1v) is 2.12. The number of hydrogen-bond donors (Lipinski definition) is 0. The van der Waals surface area contributed by atoms with E-state index in [1.165, 1.54) is 0 Å². The first-order chi connectivity index (χ1) is 3.12. The molecule has 0 aromatic heterocycles. The third kappa shape index (κ3) is 2.18. The van der Waals surface area contributed by atoms with Gasteiger partial charge in [0.2, 0.25) is 0 Å². The normalized spacial score (nSPS) is 10.6. The molecule has 1 radical (unpaired) electrons. The first kappa shape index (κ1) is 6.45. The van der Waals surface area contributed by atoms with E-state index in [4.69, 9.17) is 5.26 Å². The molecule has 0 aliphatic carbocycles. The Bertz CT molecular complexity index is 90.7. The van der Waals surface area contributed by atoms with Crippen molar-refractivity contribution in [1.29, 1.82) is 5.26 Å². The van der Waals surface area contributed by atoms with Crippen LogP contribution in [0.4, 0.5) is 0 Å². The second-order valence-corrected chi connectivity index (χ2v) is 2.14. The van der Waals surface area contributed by atoms with Crippen LogP contribution in [0, 0.1) is 16.7 Å². The summed E-state index contributed by atoms with van der Waals surface area (Å²) in [5, 5.41) is 18.1. The first-order valence-electron chi connectivity index (χ1n) is 2.12. The Labute approximate surface area is 43.4 Å². The summed E-state index contributed by atoms with van der Waals surface area (Å²) in [6.07, 6.45) is 0. The Balaban J connectivity index is 3.66. The summed E-state index contributed by atoms with van der Waals surface area (Å²) >= 11 is 0. The van der Waals surface area contributed by atoms with Gasteiger partial charge in [0, 0.05) is 0 Å². The zero-order chi connectivity index (χ0) is 5.91. The maximum Gasteiger partial charge on any atom is 0.100 e. The van der Waals surface area contributed by atoms with E-state index in [0.717, 1.165) is 0 Å². The van der Waals surface area contributed by atoms with E-state index in [9.17, 15) is 5.11 Å². The molecule has 0 fully saturated rings. The molecule has 0 saturated heterocycles. The number of rotatable bonds is 1. The molecule has 0 rings (SSSR count). The lowest BCUT2D eigenvalue weighted by molar-refractivity contribution is 0.126. The molecular weight excluding hydrogens is 90.1 g/mol. The second kappa shape index (κ2) is 1.94. The van der Waals surface area contributed by atoms with Crippen molar-refractivity contribution in [3.8, 4) is 6.07 Å². The average Bonchev–Trinajstić information content (AvgIpc) is 1.68. The van der Waals surface area contributed by atoms with Gasteiger partial charge in [-0.1, -0.05) is 0 Å². The highest BCUT2D eigenvalue weighted by atomic mass is 16.3. The second-order valence-electron chi connectivity index (χ2n) is 2.14. The van der Waals surface area contributed by atoms with Gasteiger partial charge in [0.1, 0.15) is 6.61 Å². The lowest BCUT2D eigenvalue weighted by Crippen LogP contribution is -2.11. The standard InChI is InChI=1S/C5H8NO/c1-5(2,3-6)4-7/h4H2,1-2H3. The van der Waals surface area contributed by atoms with Crippen LogP contribution in [0.25, 0.3) is 0 Å². The lowest BCUT2D eigenvalue weighted by Gasteiger charge is -2.05. The van der Waals surface area contributed by atoms with Crippen molar-refractivity contribution in [2.24, 2.45) is 5.41 Å². The van der Waals surface area contributed by atoms with Crippen LogP contribution in [0.2, 0.25) is 0 Å². The Hall–Kier alpha value is -0.550. The Kier molecular flexibility index (Phi) is 1.79. The maximum absolute atomic E-state index is 9.96. The maximum atomic E-state index is 9.96. The van der Waals surface area contributed by atoms with Gasteiger partial charge in [0.25, 0.3) is 0 Å². The monoisotopic (exact) mass is 98.1 g/mol. The van der Waals surface area contributed by atoms with Crippen LogP contribution >= 0.6 is 0 Å². The molecule has 0 heterocycles. The molecule has 0 aromatic carbocycles. The molecule has 0 aliphatic rings. The van der Waals surface area contributed by atoms with Crippen LogP contribution in [0.3, 0.4) is 0 Å². The van der Waals surface area contributed by atoms with Gasteiger partial charge in [-0.05, 0) is 13.8 Å². The minimum Gasteiger partial charge on any atom is -0.235 e. The van der Waals surface area contributed by atoms with Crippen LogP contribution in [-0.2, 0) is 5.11 Å². The molecule has 0 aliphatic heterocycles. The summed E-state index contributed by atoms with van der Waals surface area (Å²) in [5.41, 5.74) is -0.667. The summed E-state index contributed by atoms with van der Waals surface area (Å²) < 4.78 is 0. The molecule has 2 nitrogen and oxygen atoms in total. The van der Waals surface area contributed by atoms with E-state index in [0.29, 0.717) is 0 Å². The van der Waals surface area contributed by atoms with E-state index in [1.807, 2.05) is 6.07 Å². The van der Waals surface area contributed by atoms with E-state index in [2.05, 4.69) is 0 Å². The highest BCUT2D eigenvalue weighted by Crippen LogP contribution is 2.09. The fraction of sp³-hybridized carbons (Fsp3) is 0.800. The van der Waals surface area contributed by atoms with Crippen molar-refractivity contribution < 1.29 is 5.11 Å². The van der Waals surface area contributed by atoms with Gasteiger partial charge in [0.05, 0.1) is 11.5 Å². The lowest BCUT2D eigenvalue weighted by atomic mass is 9.98. The molecule has 0 spiro atoms. The predicted molar refractivity (Wildman–Crippen MR) is 24.9 cm³/mol. The molecule has 0 atom stereocenters. The van der Waals surface area contributed by atoms with Gasteiger partial charge in [0.15, 0.2) is 0 Å². The highest BCUT2D eigenvalue weighted by Gasteiger charge is 2.14. The van der Waals surface area contributed by atoms with Crippen molar-refractivity contribution in [1.82, 2.24) is 0 Å². The van der Waals surface area contributed by atoms with Gasteiger partial charge in [-0.25, -0.2) is 5.11 Å². The summed E-state index contributed by atoms with van der Waals surface area (Å²) in [6.45, 7) is 2.93. The quantitative estimate of drug-likeness (QED) is 0.481. The molecule has 7 heavy (non-hydrogen) atoms. The predicted octanol–water partition coefficient (Wildman–Crippen LogP) is 0.967. The highest BCUT2D eigenvalue weighted by molar-refractivity contribution is 4.90. The van der Waals surface area contributed by atoms with E-state index >= 15 is 0 Å². The van der Waals surface area contributed by atoms with Crippen LogP contribution in [-0.4, -0.2) is 6.61 Å². The van der Waals surface area contributed by atoms with Crippen molar-refractivity contribution in [2.75, 3.05) is 6.61 Å². The molecule has 39 valence electrons. The molecule has 0 saturated carbocycles. The van der Waals surface area contributed by atoms with Crippen molar-refractivity contribution >= 4 is 0 Å². The van der Waals surface area contributed by atoms with Crippen molar-refractivity contribution in [2.45, 2.75) is 13.8 Å². The topological polar surface area (TPSA) is 43.7 Å². The van der Waals surface area contributed by atoms with Crippen molar-refractivity contribution in [3.63, 3.8) is 0 Å². The van der Waals surface area contributed by atoms with E-state index in [1.54, 1.807) is 13.8 Å². The molecule has 0 aromatic rings. The minimum absolute atomic E-state index is 0.316. The largest absolute Gasteiger partial charge is 0.235 e. The molecular formula is C5H8NO. The summed E-state index contributed by atoms with van der Waals surface area (Å²) in [6, 6.07) is 1.88.